The number of rotatable bonds is 9. The number of aromatic nitrogens is 4. The lowest BCUT2D eigenvalue weighted by atomic mass is 10.0. The number of hydrogen-bond donors (Lipinski definition) is 2. The molecule has 5 rings (SSSR count). The maximum Gasteiger partial charge on any atom is 0.416 e. The quantitative estimate of drug-likeness (QED) is 0.261. The molecule has 242 valence electrons. The van der Waals surface area contributed by atoms with Gasteiger partial charge in [0, 0.05) is 70.9 Å². The second-order valence-electron chi connectivity index (χ2n) is 10.9. The summed E-state index contributed by atoms with van der Waals surface area (Å²) < 4.78 is 48.8. The summed E-state index contributed by atoms with van der Waals surface area (Å²) in [5, 5.41) is 9.69. The molecule has 0 radical (unpaired) electrons. The van der Waals surface area contributed by atoms with Crippen molar-refractivity contribution in [3.05, 3.63) is 77.2 Å². The Morgan fingerprint density at radius 1 is 1.02 bits per heavy atom. The van der Waals surface area contributed by atoms with Crippen LogP contribution in [0.5, 0.6) is 0 Å². The number of hydrogen-bond acceptors (Lipinski definition) is 8. The molecule has 0 spiro atoms. The van der Waals surface area contributed by atoms with Gasteiger partial charge in [-0.15, -0.1) is 5.10 Å². The minimum Gasteiger partial charge on any atom is -0.383 e. The standard InChI is InChI=1S/C32H36F3N9O2/c1-4-42-13-15-43(16-14-42)22-24-6-7-25(20-27(24)32(33,34)35)38-31(45)39-28-19-23(11-12-36-28)5-8-26-21-37-29-9-10-30(40-44(26)29)41(2)17-18-46-3/h6-7,9-12,19-21H,4,13-18,22H2,1-3H3,(H2,36,38,39,45). The zero-order valence-electron chi connectivity index (χ0n) is 25.9. The summed E-state index contributed by atoms with van der Waals surface area (Å²) in [4.78, 5) is 27.5. The van der Waals surface area contributed by atoms with E-state index >= 15 is 0 Å². The zero-order valence-corrected chi connectivity index (χ0v) is 25.9. The highest BCUT2D eigenvalue weighted by Crippen LogP contribution is 2.34. The predicted octanol–water partition coefficient (Wildman–Crippen LogP) is 4.41. The molecule has 1 aromatic carbocycles. The molecule has 1 aliphatic rings. The average molecular weight is 636 g/mol. The number of fused-ring (bicyclic) bond motifs is 1. The van der Waals surface area contributed by atoms with Gasteiger partial charge in [-0.05, 0) is 54.4 Å². The maximum absolute atomic E-state index is 14.0. The number of benzene rings is 1. The van der Waals surface area contributed by atoms with Crippen molar-refractivity contribution >= 4 is 29.0 Å². The van der Waals surface area contributed by atoms with Crippen molar-refractivity contribution in [1.29, 1.82) is 0 Å². The largest absolute Gasteiger partial charge is 0.416 e. The molecule has 11 nitrogen and oxygen atoms in total. The molecule has 1 aliphatic heterocycles. The fourth-order valence-electron chi connectivity index (χ4n) is 5.05. The summed E-state index contributed by atoms with van der Waals surface area (Å²) in [5.74, 6) is 6.99. The molecule has 0 unspecified atom stereocenters. The molecule has 46 heavy (non-hydrogen) atoms. The summed E-state index contributed by atoms with van der Waals surface area (Å²) in [7, 11) is 3.56. The van der Waals surface area contributed by atoms with Crippen molar-refractivity contribution in [3.8, 4) is 11.8 Å². The normalized spacial score (nSPS) is 14.1. The highest BCUT2D eigenvalue weighted by Gasteiger charge is 2.34. The van der Waals surface area contributed by atoms with Crippen LogP contribution in [0.3, 0.4) is 0 Å². The third kappa shape index (κ3) is 8.30. The number of piperazine rings is 1. The van der Waals surface area contributed by atoms with Crippen LogP contribution >= 0.6 is 0 Å². The van der Waals surface area contributed by atoms with E-state index in [0.29, 0.717) is 43.1 Å². The number of carbonyl (C=O) groups excluding carboxylic acids is 1. The Hall–Kier alpha value is -4.71. The van der Waals surface area contributed by atoms with Gasteiger partial charge in [0.15, 0.2) is 5.65 Å². The van der Waals surface area contributed by atoms with Crippen LogP contribution in [0.15, 0.2) is 54.9 Å². The third-order valence-electron chi connectivity index (χ3n) is 7.69. The van der Waals surface area contributed by atoms with E-state index in [-0.39, 0.29) is 23.6 Å². The van der Waals surface area contributed by atoms with Crippen molar-refractivity contribution in [3.63, 3.8) is 0 Å². The second-order valence-corrected chi connectivity index (χ2v) is 10.9. The van der Waals surface area contributed by atoms with Gasteiger partial charge in [0.1, 0.15) is 17.3 Å². The number of amides is 2. The first-order chi connectivity index (χ1) is 22.1. The van der Waals surface area contributed by atoms with Crippen molar-refractivity contribution in [2.75, 3.05) is 75.6 Å². The number of nitrogens with one attached hydrogen (secondary N) is 2. The fraction of sp³-hybridized carbons (Fsp3) is 0.375. The minimum atomic E-state index is -4.57. The average Bonchev–Trinajstić information content (AvgIpc) is 3.45. The Morgan fingerprint density at radius 2 is 1.80 bits per heavy atom. The van der Waals surface area contributed by atoms with E-state index in [4.69, 9.17) is 4.74 Å². The van der Waals surface area contributed by atoms with Gasteiger partial charge in [0.05, 0.1) is 18.4 Å². The van der Waals surface area contributed by atoms with E-state index in [0.717, 1.165) is 31.5 Å². The molecule has 0 aliphatic carbocycles. The Labute approximate surface area is 265 Å². The number of urea groups is 1. The highest BCUT2D eigenvalue weighted by atomic mass is 19.4. The van der Waals surface area contributed by atoms with Crippen molar-refractivity contribution in [1.82, 2.24) is 29.4 Å². The molecule has 4 heterocycles. The lowest BCUT2D eigenvalue weighted by Gasteiger charge is -2.34. The van der Waals surface area contributed by atoms with Gasteiger partial charge in [0.2, 0.25) is 0 Å². The van der Waals surface area contributed by atoms with Crippen LogP contribution in [0.25, 0.3) is 5.65 Å². The molecule has 0 bridgehead atoms. The van der Waals surface area contributed by atoms with Crippen molar-refractivity contribution in [2.45, 2.75) is 19.6 Å². The monoisotopic (exact) mass is 635 g/mol. The van der Waals surface area contributed by atoms with Crippen molar-refractivity contribution < 1.29 is 22.7 Å². The predicted molar refractivity (Wildman–Crippen MR) is 170 cm³/mol. The Balaban J connectivity index is 1.25. The third-order valence-corrected chi connectivity index (χ3v) is 7.69. The SMILES string of the molecule is CCN1CCN(Cc2ccc(NC(=O)Nc3cc(C#Cc4cnc5ccc(N(C)CCOC)nn45)ccn3)cc2C(F)(F)F)CC1. The molecule has 2 amide bonds. The number of imidazole rings is 1. The Morgan fingerprint density at radius 3 is 2.54 bits per heavy atom. The smallest absolute Gasteiger partial charge is 0.383 e. The molecule has 2 N–H and O–H groups in total. The zero-order chi connectivity index (χ0) is 32.7. The molecule has 1 saturated heterocycles. The van der Waals surface area contributed by atoms with Crippen LogP contribution in [-0.4, -0.2) is 95.4 Å². The van der Waals surface area contributed by atoms with Crippen LogP contribution in [0, 0.1) is 11.8 Å². The summed E-state index contributed by atoms with van der Waals surface area (Å²) in [5.41, 5.74) is 1.18. The van der Waals surface area contributed by atoms with E-state index in [2.05, 4.69) is 49.4 Å². The first kappa shape index (κ1) is 32.7. The van der Waals surface area contributed by atoms with E-state index in [9.17, 15) is 18.0 Å². The lowest BCUT2D eigenvalue weighted by Crippen LogP contribution is -2.45. The fourth-order valence-corrected chi connectivity index (χ4v) is 5.05. The Bertz CT molecular complexity index is 1720. The van der Waals surface area contributed by atoms with Crippen LogP contribution in [0.2, 0.25) is 0 Å². The van der Waals surface area contributed by atoms with Gasteiger partial charge in [-0.3, -0.25) is 10.2 Å². The molecule has 4 aromatic rings. The van der Waals surface area contributed by atoms with E-state index < -0.39 is 17.8 Å². The molecule has 3 aromatic heterocycles. The Kier molecular flexibility index (Phi) is 10.4. The van der Waals surface area contributed by atoms with Gasteiger partial charge in [-0.25, -0.2) is 19.3 Å². The minimum absolute atomic E-state index is 0.0210. The summed E-state index contributed by atoms with van der Waals surface area (Å²) in [6, 6.07) is 10.1. The first-order valence-corrected chi connectivity index (χ1v) is 14.9. The van der Waals surface area contributed by atoms with Gasteiger partial charge in [-0.1, -0.05) is 18.9 Å². The maximum atomic E-state index is 14.0. The number of anilines is 3. The van der Waals surface area contributed by atoms with E-state index in [1.54, 1.807) is 30.0 Å². The summed E-state index contributed by atoms with van der Waals surface area (Å²) in [6.07, 6.45) is -1.47. The topological polar surface area (TPSA) is 103 Å². The molecule has 1 fully saturated rings. The number of likely N-dealkylation sites (N-methyl/N-ethyl adjacent to an activating group) is 2. The van der Waals surface area contributed by atoms with E-state index in [1.807, 2.05) is 29.0 Å². The summed E-state index contributed by atoms with van der Waals surface area (Å²) >= 11 is 0. The van der Waals surface area contributed by atoms with Gasteiger partial charge >= 0.3 is 12.2 Å². The number of carbonyl (C=O) groups is 1. The van der Waals surface area contributed by atoms with Gasteiger partial charge in [-0.2, -0.15) is 13.2 Å². The summed E-state index contributed by atoms with van der Waals surface area (Å²) in [6.45, 7) is 7.46. The van der Waals surface area contributed by atoms with Crippen LogP contribution in [-0.2, 0) is 17.5 Å². The van der Waals surface area contributed by atoms with E-state index in [1.165, 1.54) is 18.3 Å². The van der Waals surface area contributed by atoms with Crippen molar-refractivity contribution in [2.24, 2.45) is 0 Å². The molecule has 0 atom stereocenters. The van der Waals surface area contributed by atoms with Crippen LogP contribution < -0.4 is 15.5 Å². The first-order valence-electron chi connectivity index (χ1n) is 14.9. The number of ether oxygens (including phenoxy) is 1. The van der Waals surface area contributed by atoms with Gasteiger partial charge in [0.25, 0.3) is 0 Å². The number of nitrogens with zero attached hydrogens (tertiary/aromatic N) is 7. The lowest BCUT2D eigenvalue weighted by molar-refractivity contribution is -0.138. The molecule has 0 saturated carbocycles. The molecular weight excluding hydrogens is 599 g/mol. The number of halogens is 3. The van der Waals surface area contributed by atoms with Gasteiger partial charge < -0.3 is 19.9 Å². The second kappa shape index (κ2) is 14.6. The molecule has 14 heteroatoms. The number of methoxy groups -OCH3 is 1. The number of pyridine rings is 1. The molecular formula is C32H36F3N9O2. The number of alkyl halides is 3. The highest BCUT2D eigenvalue weighted by molar-refractivity contribution is 5.99. The van der Waals surface area contributed by atoms with Crippen LogP contribution in [0.1, 0.15) is 29.3 Å². The van der Waals surface area contributed by atoms with Crippen LogP contribution in [0.4, 0.5) is 35.3 Å².